The van der Waals surface area contributed by atoms with Crippen LogP contribution in [0, 0.1) is 0 Å². The highest BCUT2D eigenvalue weighted by Gasteiger charge is 2.19. The number of aliphatic hydroxyl groups excluding tert-OH is 2. The molecule has 2 aromatic carbocycles. The van der Waals surface area contributed by atoms with Crippen molar-refractivity contribution in [1.29, 1.82) is 0 Å². The van der Waals surface area contributed by atoms with Crippen LogP contribution < -0.4 is 0 Å². The van der Waals surface area contributed by atoms with Gasteiger partial charge in [0.2, 0.25) is 0 Å². The summed E-state index contributed by atoms with van der Waals surface area (Å²) in [4.78, 5) is 0. The summed E-state index contributed by atoms with van der Waals surface area (Å²) in [6.07, 6.45) is 0.367. The second-order valence-corrected chi connectivity index (χ2v) is 6.01. The number of halogens is 1. The average molecular weight is 346 g/mol. The fourth-order valence-electron chi connectivity index (χ4n) is 2.53. The van der Waals surface area contributed by atoms with Crippen molar-refractivity contribution in [2.45, 2.75) is 18.8 Å². The summed E-state index contributed by atoms with van der Waals surface area (Å²) < 4.78 is 2.67. The molecule has 0 fully saturated rings. The molecule has 0 radical (unpaired) electrons. The Morgan fingerprint density at radius 2 is 1.81 bits per heavy atom. The van der Waals surface area contributed by atoms with Crippen LogP contribution in [-0.2, 0) is 6.42 Å². The van der Waals surface area contributed by atoms with Crippen LogP contribution in [0.4, 0.5) is 0 Å². The molecule has 2 N–H and O–H groups in total. The van der Waals surface area contributed by atoms with Gasteiger partial charge in [-0.3, -0.25) is 0 Å². The summed E-state index contributed by atoms with van der Waals surface area (Å²) >= 11 is 3.41. The van der Waals surface area contributed by atoms with Gasteiger partial charge >= 0.3 is 0 Å². The largest absolute Gasteiger partial charge is 0.388 e. The van der Waals surface area contributed by atoms with E-state index >= 15 is 0 Å². The average Bonchev–Trinajstić information content (AvgIpc) is 2.90. The summed E-state index contributed by atoms with van der Waals surface area (Å²) in [7, 11) is 0. The molecule has 1 unspecified atom stereocenters. The Balaban J connectivity index is 1.82. The molecule has 0 aliphatic heterocycles. The molecule has 21 heavy (non-hydrogen) atoms. The molecular weight excluding hydrogens is 330 g/mol. The van der Waals surface area contributed by atoms with Crippen molar-refractivity contribution in [3.05, 3.63) is 70.8 Å². The lowest BCUT2D eigenvalue weighted by Gasteiger charge is -2.20. The third-order valence-electron chi connectivity index (χ3n) is 3.59. The van der Waals surface area contributed by atoms with Crippen molar-refractivity contribution < 1.29 is 10.2 Å². The molecule has 2 atom stereocenters. The number of para-hydroxylation sites is 1. The molecule has 0 saturated carbocycles. The van der Waals surface area contributed by atoms with Crippen LogP contribution in [0.3, 0.4) is 0 Å². The summed E-state index contributed by atoms with van der Waals surface area (Å²) in [5.41, 5.74) is 1.89. The first-order valence-corrected chi connectivity index (χ1v) is 7.60. The van der Waals surface area contributed by atoms with Crippen LogP contribution in [0.1, 0.15) is 11.8 Å². The van der Waals surface area contributed by atoms with Crippen molar-refractivity contribution in [3.8, 4) is 0 Å². The Morgan fingerprint density at radius 3 is 2.62 bits per heavy atom. The fraction of sp³-hybridized carbons (Fsp3) is 0.176. The number of hydrogen-bond acceptors (Lipinski definition) is 2. The smallest absolute Gasteiger partial charge is 0.157 e. The van der Waals surface area contributed by atoms with Crippen LogP contribution in [0.15, 0.2) is 65.3 Å². The highest BCUT2D eigenvalue weighted by atomic mass is 79.9. The van der Waals surface area contributed by atoms with Gasteiger partial charge in [0.05, 0.1) is 5.52 Å². The van der Waals surface area contributed by atoms with E-state index in [9.17, 15) is 10.2 Å². The van der Waals surface area contributed by atoms with Gasteiger partial charge in [-0.05, 0) is 35.2 Å². The Hall–Kier alpha value is -1.62. The van der Waals surface area contributed by atoms with Crippen molar-refractivity contribution in [2.75, 3.05) is 0 Å². The van der Waals surface area contributed by atoms with Crippen LogP contribution in [0.5, 0.6) is 0 Å². The van der Waals surface area contributed by atoms with Crippen LogP contribution in [0.2, 0.25) is 0 Å². The van der Waals surface area contributed by atoms with E-state index in [1.54, 1.807) is 10.8 Å². The first-order valence-electron chi connectivity index (χ1n) is 6.81. The summed E-state index contributed by atoms with van der Waals surface area (Å²) in [5, 5.41) is 21.8. The van der Waals surface area contributed by atoms with Crippen molar-refractivity contribution >= 4 is 26.8 Å². The van der Waals surface area contributed by atoms with E-state index in [2.05, 4.69) is 15.9 Å². The molecular formula is C17H16BrNO2. The van der Waals surface area contributed by atoms with Crippen LogP contribution in [-0.4, -0.2) is 20.9 Å². The Kier molecular flexibility index (Phi) is 4.10. The van der Waals surface area contributed by atoms with Crippen molar-refractivity contribution in [2.24, 2.45) is 0 Å². The van der Waals surface area contributed by atoms with E-state index in [4.69, 9.17) is 0 Å². The first kappa shape index (κ1) is 14.3. The second-order valence-electron chi connectivity index (χ2n) is 5.10. The van der Waals surface area contributed by atoms with E-state index in [0.717, 1.165) is 20.9 Å². The number of hydrogen-bond donors (Lipinski definition) is 2. The molecule has 1 aromatic heterocycles. The van der Waals surface area contributed by atoms with E-state index in [0.29, 0.717) is 6.42 Å². The SMILES string of the molecule is OC([C@@H](O)Cc1cccc(Br)c1)n1ccc2ccccc21. The summed E-state index contributed by atoms with van der Waals surface area (Å²) in [6.45, 7) is 0. The molecule has 0 saturated heterocycles. The number of aromatic nitrogens is 1. The topological polar surface area (TPSA) is 45.4 Å². The van der Waals surface area contributed by atoms with E-state index in [1.165, 1.54) is 0 Å². The summed E-state index contributed by atoms with van der Waals surface area (Å²) in [6, 6.07) is 17.5. The van der Waals surface area contributed by atoms with E-state index < -0.39 is 12.3 Å². The minimum Gasteiger partial charge on any atom is -0.388 e. The van der Waals surface area contributed by atoms with Crippen LogP contribution >= 0.6 is 15.9 Å². The Morgan fingerprint density at radius 1 is 1.00 bits per heavy atom. The van der Waals surface area contributed by atoms with Crippen molar-refractivity contribution in [1.82, 2.24) is 4.57 Å². The van der Waals surface area contributed by atoms with E-state index in [1.807, 2.05) is 54.6 Å². The van der Waals surface area contributed by atoms with Gasteiger partial charge in [0, 0.05) is 17.1 Å². The molecule has 0 aliphatic carbocycles. The molecule has 1 heterocycles. The highest BCUT2D eigenvalue weighted by molar-refractivity contribution is 9.10. The zero-order valence-corrected chi connectivity index (χ0v) is 12.9. The highest BCUT2D eigenvalue weighted by Crippen LogP contribution is 2.22. The maximum absolute atomic E-state index is 10.4. The second kappa shape index (κ2) is 6.02. The lowest BCUT2D eigenvalue weighted by Crippen LogP contribution is -2.25. The third kappa shape index (κ3) is 3.02. The summed E-state index contributed by atoms with van der Waals surface area (Å²) in [5.74, 6) is 0. The molecule has 0 amide bonds. The minimum absolute atomic E-state index is 0.396. The fourth-order valence-corrected chi connectivity index (χ4v) is 2.98. The lowest BCUT2D eigenvalue weighted by molar-refractivity contribution is -0.0247. The van der Waals surface area contributed by atoms with Gasteiger partial charge in [0.1, 0.15) is 6.10 Å². The Labute approximate surface area is 131 Å². The van der Waals surface area contributed by atoms with Crippen LogP contribution in [0.25, 0.3) is 10.9 Å². The molecule has 0 spiro atoms. The molecule has 3 rings (SSSR count). The molecule has 0 aliphatic rings. The monoisotopic (exact) mass is 345 g/mol. The lowest BCUT2D eigenvalue weighted by atomic mass is 10.1. The molecule has 0 bridgehead atoms. The number of benzene rings is 2. The number of nitrogens with zero attached hydrogens (tertiary/aromatic N) is 1. The van der Waals surface area contributed by atoms with Gasteiger partial charge in [0.25, 0.3) is 0 Å². The Bertz CT molecular complexity index is 753. The zero-order valence-electron chi connectivity index (χ0n) is 11.4. The molecule has 108 valence electrons. The maximum atomic E-state index is 10.4. The quantitative estimate of drug-likeness (QED) is 0.760. The van der Waals surface area contributed by atoms with E-state index in [-0.39, 0.29) is 0 Å². The van der Waals surface area contributed by atoms with Crippen molar-refractivity contribution in [3.63, 3.8) is 0 Å². The van der Waals surface area contributed by atoms with Gasteiger partial charge in [-0.15, -0.1) is 0 Å². The maximum Gasteiger partial charge on any atom is 0.157 e. The predicted octanol–water partition coefficient (Wildman–Crippen LogP) is 3.50. The molecule has 4 heteroatoms. The first-order chi connectivity index (χ1) is 10.1. The number of aliphatic hydroxyl groups is 2. The van der Waals surface area contributed by atoms with Gasteiger partial charge in [-0.2, -0.15) is 0 Å². The van der Waals surface area contributed by atoms with Gasteiger partial charge < -0.3 is 14.8 Å². The van der Waals surface area contributed by atoms with Gasteiger partial charge in [-0.1, -0.05) is 46.3 Å². The standard InChI is InChI=1S/C17H16BrNO2/c18-14-6-3-4-12(10-14)11-16(20)17(21)19-9-8-13-5-1-2-7-15(13)19/h1-10,16-17,20-21H,11H2/t16-,17?/m0/s1. The minimum atomic E-state index is -0.969. The number of fused-ring (bicyclic) bond motifs is 1. The molecule has 3 nitrogen and oxygen atoms in total. The van der Waals surface area contributed by atoms with Gasteiger partial charge in [-0.25, -0.2) is 0 Å². The van der Waals surface area contributed by atoms with Gasteiger partial charge in [0.15, 0.2) is 6.23 Å². The molecule has 3 aromatic rings. The zero-order chi connectivity index (χ0) is 14.8. The third-order valence-corrected chi connectivity index (χ3v) is 4.09. The normalized spacial score (nSPS) is 14.2. The number of rotatable bonds is 4. The predicted molar refractivity (Wildman–Crippen MR) is 87.0 cm³/mol.